The first kappa shape index (κ1) is 16.4. The first-order valence-electron chi connectivity index (χ1n) is 8.54. The molecular formula is C19H21N3O2S. The van der Waals surface area contributed by atoms with E-state index in [-0.39, 0.29) is 0 Å². The van der Waals surface area contributed by atoms with E-state index in [1.165, 1.54) is 16.2 Å². The van der Waals surface area contributed by atoms with Gasteiger partial charge in [0.1, 0.15) is 0 Å². The minimum absolute atomic E-state index is 0.299. The number of hydrogen-bond acceptors (Lipinski definition) is 6. The predicted molar refractivity (Wildman–Crippen MR) is 97.2 cm³/mol. The van der Waals surface area contributed by atoms with Gasteiger partial charge in [-0.05, 0) is 44.2 Å². The van der Waals surface area contributed by atoms with E-state index in [0.29, 0.717) is 24.4 Å². The van der Waals surface area contributed by atoms with Crippen molar-refractivity contribution in [2.24, 2.45) is 0 Å². The Morgan fingerprint density at radius 2 is 2.00 bits per heavy atom. The molecule has 1 fully saturated rings. The molecule has 1 aliphatic heterocycles. The highest BCUT2D eigenvalue weighted by atomic mass is 32.1. The Kier molecular flexibility index (Phi) is 4.92. The summed E-state index contributed by atoms with van der Waals surface area (Å²) in [6, 6.07) is 14.2. The molecule has 1 aliphatic rings. The van der Waals surface area contributed by atoms with Crippen LogP contribution in [0.25, 0.3) is 11.5 Å². The summed E-state index contributed by atoms with van der Waals surface area (Å²) in [7, 11) is 2.07. The van der Waals surface area contributed by atoms with Crippen molar-refractivity contribution in [3.05, 3.63) is 58.1 Å². The van der Waals surface area contributed by atoms with E-state index in [1.54, 1.807) is 0 Å². The largest absolute Gasteiger partial charge is 0.419 e. The van der Waals surface area contributed by atoms with Crippen LogP contribution in [0, 0.1) is 0 Å². The molecule has 0 aliphatic carbocycles. The molecule has 0 amide bonds. The molecule has 3 heterocycles. The van der Waals surface area contributed by atoms with Gasteiger partial charge in [-0.3, -0.25) is 4.90 Å². The summed E-state index contributed by atoms with van der Waals surface area (Å²) in [5, 5.41) is 8.31. The zero-order valence-corrected chi connectivity index (χ0v) is 15.0. The highest BCUT2D eigenvalue weighted by Gasteiger charge is 2.19. The monoisotopic (exact) mass is 355 g/mol. The summed E-state index contributed by atoms with van der Waals surface area (Å²) in [5.41, 5.74) is 0.948. The van der Waals surface area contributed by atoms with E-state index in [0.717, 1.165) is 25.1 Å². The summed E-state index contributed by atoms with van der Waals surface area (Å²) in [4.78, 5) is 4.86. The lowest BCUT2D eigenvalue weighted by Crippen LogP contribution is -2.16. The molecule has 0 spiro atoms. The summed E-state index contributed by atoms with van der Waals surface area (Å²) in [6.07, 6.45) is 2.60. The van der Waals surface area contributed by atoms with Crippen LogP contribution in [0.5, 0.6) is 0 Å². The van der Waals surface area contributed by atoms with Crippen LogP contribution in [0.15, 0.2) is 46.9 Å². The van der Waals surface area contributed by atoms with Crippen molar-refractivity contribution in [1.29, 1.82) is 0 Å². The fraction of sp³-hybridized carbons (Fsp3) is 0.368. The van der Waals surface area contributed by atoms with Gasteiger partial charge in [0.05, 0.1) is 12.6 Å². The van der Waals surface area contributed by atoms with Crippen molar-refractivity contribution in [3.63, 3.8) is 0 Å². The number of rotatable bonds is 6. The van der Waals surface area contributed by atoms with E-state index >= 15 is 0 Å². The zero-order chi connectivity index (χ0) is 17.1. The van der Waals surface area contributed by atoms with Crippen LogP contribution in [0.2, 0.25) is 0 Å². The highest BCUT2D eigenvalue weighted by Crippen LogP contribution is 2.33. The van der Waals surface area contributed by atoms with Gasteiger partial charge in [-0.2, -0.15) is 0 Å². The first-order valence-corrected chi connectivity index (χ1v) is 9.36. The van der Waals surface area contributed by atoms with Crippen molar-refractivity contribution in [2.45, 2.75) is 32.0 Å². The average molecular weight is 355 g/mol. The number of benzene rings is 1. The number of aromatic nitrogens is 2. The van der Waals surface area contributed by atoms with Crippen molar-refractivity contribution in [2.75, 3.05) is 13.7 Å². The maximum atomic E-state index is 5.78. The normalized spacial score (nSPS) is 17.4. The predicted octanol–water partition coefficient (Wildman–Crippen LogP) is 4.28. The fourth-order valence-corrected chi connectivity index (χ4v) is 4.20. The maximum absolute atomic E-state index is 5.78. The minimum atomic E-state index is 0.299. The van der Waals surface area contributed by atoms with Gasteiger partial charge in [0.15, 0.2) is 0 Å². The SMILES string of the molecule is CN(Cc1nnc(-c2ccccc2)o1)Cc1ccc([C@H]2CCCO2)s1. The van der Waals surface area contributed by atoms with Crippen LogP contribution >= 0.6 is 11.3 Å². The Morgan fingerprint density at radius 1 is 1.12 bits per heavy atom. The summed E-state index contributed by atoms with van der Waals surface area (Å²) in [6.45, 7) is 2.38. The molecule has 6 heteroatoms. The molecule has 2 aromatic heterocycles. The highest BCUT2D eigenvalue weighted by molar-refractivity contribution is 7.12. The lowest BCUT2D eigenvalue weighted by molar-refractivity contribution is 0.114. The Hall–Kier alpha value is -2.02. The zero-order valence-electron chi connectivity index (χ0n) is 14.2. The molecule has 0 saturated carbocycles. The van der Waals surface area contributed by atoms with Gasteiger partial charge in [-0.1, -0.05) is 18.2 Å². The van der Waals surface area contributed by atoms with E-state index in [9.17, 15) is 0 Å². The molecular weight excluding hydrogens is 334 g/mol. The molecule has 3 aromatic rings. The quantitative estimate of drug-likeness (QED) is 0.660. The Labute approximate surface area is 151 Å². The number of nitrogens with zero attached hydrogens (tertiary/aromatic N) is 3. The summed E-state index contributed by atoms with van der Waals surface area (Å²) in [5.74, 6) is 1.21. The molecule has 1 aromatic carbocycles. The number of hydrogen-bond donors (Lipinski definition) is 0. The Morgan fingerprint density at radius 3 is 2.80 bits per heavy atom. The third kappa shape index (κ3) is 3.98. The van der Waals surface area contributed by atoms with Gasteiger partial charge in [0.25, 0.3) is 0 Å². The second-order valence-electron chi connectivity index (χ2n) is 6.35. The van der Waals surface area contributed by atoms with E-state index < -0.39 is 0 Å². The molecule has 1 saturated heterocycles. The van der Waals surface area contributed by atoms with Gasteiger partial charge < -0.3 is 9.15 Å². The summed E-state index contributed by atoms with van der Waals surface area (Å²) >= 11 is 1.84. The third-order valence-corrected chi connectivity index (χ3v) is 5.41. The van der Waals surface area contributed by atoms with E-state index in [1.807, 2.05) is 41.7 Å². The topological polar surface area (TPSA) is 51.4 Å². The van der Waals surface area contributed by atoms with Crippen molar-refractivity contribution < 1.29 is 9.15 Å². The second-order valence-corrected chi connectivity index (χ2v) is 7.54. The average Bonchev–Trinajstić information content (AvgIpc) is 3.37. The maximum Gasteiger partial charge on any atom is 0.247 e. The summed E-state index contributed by atoms with van der Waals surface area (Å²) < 4.78 is 11.5. The molecule has 1 atom stereocenters. The van der Waals surface area contributed by atoms with Gasteiger partial charge in [-0.15, -0.1) is 21.5 Å². The van der Waals surface area contributed by atoms with Gasteiger partial charge in [0.2, 0.25) is 11.8 Å². The van der Waals surface area contributed by atoms with E-state index in [4.69, 9.17) is 9.15 Å². The van der Waals surface area contributed by atoms with E-state index in [2.05, 4.69) is 34.3 Å². The smallest absolute Gasteiger partial charge is 0.247 e. The Bertz CT molecular complexity index is 809. The molecule has 4 rings (SSSR count). The van der Waals surface area contributed by atoms with Crippen molar-refractivity contribution >= 4 is 11.3 Å². The molecule has 5 nitrogen and oxygen atoms in total. The minimum Gasteiger partial charge on any atom is -0.419 e. The van der Waals surface area contributed by atoms with Crippen LogP contribution in [0.1, 0.15) is 34.6 Å². The molecule has 25 heavy (non-hydrogen) atoms. The van der Waals surface area contributed by atoms with Gasteiger partial charge >= 0.3 is 0 Å². The van der Waals surface area contributed by atoms with Crippen molar-refractivity contribution in [3.8, 4) is 11.5 Å². The number of ether oxygens (including phenoxy) is 1. The van der Waals surface area contributed by atoms with Crippen LogP contribution in [0.4, 0.5) is 0 Å². The lowest BCUT2D eigenvalue weighted by Gasteiger charge is -2.12. The van der Waals surface area contributed by atoms with Crippen LogP contribution in [0.3, 0.4) is 0 Å². The first-order chi connectivity index (χ1) is 12.3. The molecule has 0 unspecified atom stereocenters. The lowest BCUT2D eigenvalue weighted by atomic mass is 10.2. The third-order valence-electron chi connectivity index (χ3n) is 4.25. The van der Waals surface area contributed by atoms with Gasteiger partial charge in [0, 0.05) is 28.5 Å². The molecule has 130 valence electrons. The number of thiophene rings is 1. The Balaban J connectivity index is 1.36. The molecule has 0 radical (unpaired) electrons. The fourth-order valence-electron chi connectivity index (χ4n) is 3.02. The van der Waals surface area contributed by atoms with Gasteiger partial charge in [-0.25, -0.2) is 0 Å². The molecule has 0 bridgehead atoms. The molecule has 0 N–H and O–H groups in total. The van der Waals surface area contributed by atoms with Crippen LogP contribution in [-0.4, -0.2) is 28.8 Å². The second kappa shape index (κ2) is 7.47. The van der Waals surface area contributed by atoms with Crippen molar-refractivity contribution in [1.82, 2.24) is 15.1 Å². The van der Waals surface area contributed by atoms with Crippen LogP contribution in [-0.2, 0) is 17.8 Å². The standard InChI is InChI=1S/C19H21N3O2S/c1-22(12-15-9-10-17(25-15)16-8-5-11-23-16)13-18-20-21-19(24-18)14-6-3-2-4-7-14/h2-4,6-7,9-10,16H,5,8,11-13H2,1H3/t16-/m1/s1. The van der Waals surface area contributed by atoms with Crippen LogP contribution < -0.4 is 0 Å².